The van der Waals surface area contributed by atoms with Gasteiger partial charge in [0.2, 0.25) is 10.0 Å². The van der Waals surface area contributed by atoms with Gasteiger partial charge in [0.05, 0.1) is 11.9 Å². The molecule has 1 heterocycles. The van der Waals surface area contributed by atoms with Crippen molar-refractivity contribution in [1.82, 2.24) is 4.90 Å². The molecule has 28 heavy (non-hydrogen) atoms. The number of likely N-dealkylation sites (tertiary alicyclic amines) is 1. The van der Waals surface area contributed by atoms with E-state index in [4.69, 9.17) is 4.74 Å². The maximum atomic E-state index is 12.6. The number of amides is 1. The second-order valence-electron chi connectivity index (χ2n) is 6.91. The lowest BCUT2D eigenvalue weighted by Gasteiger charge is -2.34. The number of rotatable bonds is 6. The minimum Gasteiger partial charge on any atom is -0.465 e. The molecule has 0 spiro atoms. The molecule has 1 aliphatic rings. The average molecular weight is 404 g/mol. The second-order valence-corrected chi connectivity index (χ2v) is 8.82. The van der Waals surface area contributed by atoms with Crippen LogP contribution in [0.25, 0.3) is 0 Å². The average Bonchev–Trinajstić information content (AvgIpc) is 2.67. The van der Waals surface area contributed by atoms with E-state index in [1.54, 1.807) is 36.4 Å². The summed E-state index contributed by atoms with van der Waals surface area (Å²) in [5.74, 6) is 0.965. The maximum Gasteiger partial charge on any atom is 0.407 e. The fraction of sp³-hybridized carbons (Fsp3) is 0.350. The van der Waals surface area contributed by atoms with Crippen LogP contribution in [-0.4, -0.2) is 50.4 Å². The molecule has 150 valence electrons. The third kappa shape index (κ3) is 4.95. The highest BCUT2D eigenvalue weighted by molar-refractivity contribution is 7.92. The van der Waals surface area contributed by atoms with Crippen molar-refractivity contribution >= 4 is 21.8 Å². The van der Waals surface area contributed by atoms with Gasteiger partial charge in [0.1, 0.15) is 5.75 Å². The summed E-state index contributed by atoms with van der Waals surface area (Å²) >= 11 is 0. The highest BCUT2D eigenvalue weighted by atomic mass is 32.2. The summed E-state index contributed by atoms with van der Waals surface area (Å²) in [6, 6.07) is 16.1. The van der Waals surface area contributed by atoms with Crippen LogP contribution in [0.15, 0.2) is 54.6 Å². The fourth-order valence-corrected chi connectivity index (χ4v) is 4.39. The minimum absolute atomic E-state index is 0.0793. The number of sulfonamides is 1. The molecule has 0 aliphatic carbocycles. The van der Waals surface area contributed by atoms with Crippen LogP contribution in [0.1, 0.15) is 12.8 Å². The van der Waals surface area contributed by atoms with Gasteiger partial charge in [-0.15, -0.1) is 0 Å². The van der Waals surface area contributed by atoms with E-state index < -0.39 is 16.1 Å². The van der Waals surface area contributed by atoms with Crippen LogP contribution < -0.4 is 9.04 Å². The Morgan fingerprint density at radius 1 is 1.18 bits per heavy atom. The molecule has 3 rings (SSSR count). The lowest BCUT2D eigenvalue weighted by Crippen LogP contribution is -2.44. The molecule has 1 saturated heterocycles. The van der Waals surface area contributed by atoms with E-state index in [0.29, 0.717) is 30.3 Å². The molecule has 0 aromatic heterocycles. The first-order valence-corrected chi connectivity index (χ1v) is 11.0. The Morgan fingerprint density at radius 2 is 1.86 bits per heavy atom. The van der Waals surface area contributed by atoms with Gasteiger partial charge in [0.15, 0.2) is 5.75 Å². The molecule has 0 saturated carbocycles. The predicted molar refractivity (Wildman–Crippen MR) is 107 cm³/mol. The normalized spacial score (nSPS) is 17.2. The molecule has 1 amide bonds. The van der Waals surface area contributed by atoms with Crippen molar-refractivity contribution in [3.63, 3.8) is 0 Å². The van der Waals surface area contributed by atoms with Crippen LogP contribution in [0.2, 0.25) is 0 Å². The SMILES string of the molecule is CS(=O)(=O)N(CC1CCCN(C(=O)O)C1)c1ccccc1Oc1ccccc1. The van der Waals surface area contributed by atoms with E-state index in [1.807, 2.05) is 18.2 Å². The summed E-state index contributed by atoms with van der Waals surface area (Å²) in [7, 11) is -3.58. The zero-order valence-corrected chi connectivity index (χ0v) is 16.5. The number of carbonyl (C=O) groups is 1. The number of hydrogen-bond donors (Lipinski definition) is 1. The predicted octanol–water partition coefficient (Wildman–Crippen LogP) is 3.63. The van der Waals surface area contributed by atoms with Gasteiger partial charge < -0.3 is 14.7 Å². The van der Waals surface area contributed by atoms with Gasteiger partial charge in [-0.2, -0.15) is 0 Å². The Bertz CT molecular complexity index is 917. The van der Waals surface area contributed by atoms with E-state index in [2.05, 4.69) is 0 Å². The van der Waals surface area contributed by atoms with Gasteiger partial charge in [0, 0.05) is 19.6 Å². The number of anilines is 1. The van der Waals surface area contributed by atoms with E-state index in [0.717, 1.165) is 19.1 Å². The molecule has 1 N–H and O–H groups in total. The molecule has 8 heteroatoms. The van der Waals surface area contributed by atoms with Crippen molar-refractivity contribution in [3.05, 3.63) is 54.6 Å². The summed E-state index contributed by atoms with van der Waals surface area (Å²) in [5, 5.41) is 9.25. The molecule has 1 unspecified atom stereocenters. The lowest BCUT2D eigenvalue weighted by molar-refractivity contribution is 0.121. The Balaban J connectivity index is 1.88. The molecular weight excluding hydrogens is 380 g/mol. The summed E-state index contributed by atoms with van der Waals surface area (Å²) < 4.78 is 32.4. The molecular formula is C20H24N2O5S. The quantitative estimate of drug-likeness (QED) is 0.794. The number of nitrogens with zero attached hydrogens (tertiary/aromatic N) is 2. The van der Waals surface area contributed by atoms with Crippen LogP contribution in [0.4, 0.5) is 10.5 Å². The molecule has 0 radical (unpaired) electrons. The molecule has 1 fully saturated rings. The van der Waals surface area contributed by atoms with Crippen LogP contribution in [0.5, 0.6) is 11.5 Å². The molecule has 0 bridgehead atoms. The van der Waals surface area contributed by atoms with Crippen molar-refractivity contribution in [3.8, 4) is 11.5 Å². The Kier molecular flexibility index (Phi) is 6.08. The van der Waals surface area contributed by atoms with Gasteiger partial charge in [-0.1, -0.05) is 30.3 Å². The monoisotopic (exact) mass is 404 g/mol. The van der Waals surface area contributed by atoms with E-state index >= 15 is 0 Å². The number of piperidine rings is 1. The van der Waals surface area contributed by atoms with Crippen LogP contribution in [0.3, 0.4) is 0 Å². The second kappa shape index (κ2) is 8.52. The highest BCUT2D eigenvalue weighted by Crippen LogP contribution is 2.34. The minimum atomic E-state index is -3.58. The molecule has 7 nitrogen and oxygen atoms in total. The molecule has 2 aromatic rings. The Morgan fingerprint density at radius 3 is 2.54 bits per heavy atom. The Labute approximate surface area is 165 Å². The third-order valence-corrected chi connectivity index (χ3v) is 5.87. The largest absolute Gasteiger partial charge is 0.465 e. The van der Waals surface area contributed by atoms with E-state index in [1.165, 1.54) is 9.21 Å². The van der Waals surface area contributed by atoms with Crippen LogP contribution in [0, 0.1) is 5.92 Å². The topological polar surface area (TPSA) is 87.2 Å². The van der Waals surface area contributed by atoms with Crippen LogP contribution >= 0.6 is 0 Å². The van der Waals surface area contributed by atoms with Crippen molar-refractivity contribution in [2.24, 2.45) is 5.92 Å². The van der Waals surface area contributed by atoms with Crippen molar-refractivity contribution in [2.45, 2.75) is 12.8 Å². The summed E-state index contributed by atoms with van der Waals surface area (Å²) in [6.45, 7) is 1.01. The van der Waals surface area contributed by atoms with Gasteiger partial charge >= 0.3 is 6.09 Å². The van der Waals surface area contributed by atoms with Gasteiger partial charge in [-0.25, -0.2) is 13.2 Å². The smallest absolute Gasteiger partial charge is 0.407 e. The van der Waals surface area contributed by atoms with Gasteiger partial charge in [-0.3, -0.25) is 4.31 Å². The number of carboxylic acid groups (broad SMARTS) is 1. The first kappa shape index (κ1) is 20.0. The number of benzene rings is 2. The third-order valence-electron chi connectivity index (χ3n) is 4.72. The first-order chi connectivity index (χ1) is 13.3. The number of hydrogen-bond acceptors (Lipinski definition) is 4. The van der Waals surface area contributed by atoms with Crippen molar-refractivity contribution in [1.29, 1.82) is 0 Å². The molecule has 1 aliphatic heterocycles. The zero-order chi connectivity index (χ0) is 20.1. The fourth-order valence-electron chi connectivity index (χ4n) is 3.40. The lowest BCUT2D eigenvalue weighted by atomic mass is 9.98. The summed E-state index contributed by atoms with van der Waals surface area (Å²) in [4.78, 5) is 12.6. The van der Waals surface area contributed by atoms with Crippen molar-refractivity contribution < 1.29 is 23.1 Å². The van der Waals surface area contributed by atoms with E-state index in [9.17, 15) is 18.3 Å². The summed E-state index contributed by atoms with van der Waals surface area (Å²) in [6.07, 6.45) is 1.68. The zero-order valence-electron chi connectivity index (χ0n) is 15.7. The van der Waals surface area contributed by atoms with Crippen molar-refractivity contribution in [2.75, 3.05) is 30.2 Å². The maximum absolute atomic E-state index is 12.6. The molecule has 1 atom stereocenters. The van der Waals surface area contributed by atoms with Gasteiger partial charge in [-0.05, 0) is 43.0 Å². The number of para-hydroxylation sites is 3. The molecule has 2 aromatic carbocycles. The summed E-state index contributed by atoms with van der Waals surface area (Å²) in [5.41, 5.74) is 0.446. The Hall–Kier alpha value is -2.74. The number of ether oxygens (including phenoxy) is 1. The first-order valence-electron chi connectivity index (χ1n) is 9.12. The highest BCUT2D eigenvalue weighted by Gasteiger charge is 2.29. The van der Waals surface area contributed by atoms with Gasteiger partial charge in [0.25, 0.3) is 0 Å². The van der Waals surface area contributed by atoms with E-state index in [-0.39, 0.29) is 12.5 Å². The standard InChI is InChI=1S/C20H24N2O5S/c1-28(25,26)22(15-16-8-7-13-21(14-16)20(23)24)18-11-5-6-12-19(18)27-17-9-3-2-4-10-17/h2-6,9-12,16H,7-8,13-15H2,1H3,(H,23,24). The van der Waals surface area contributed by atoms with Crippen LogP contribution in [-0.2, 0) is 10.0 Å².